The number of thiazole rings is 1. The minimum absolute atomic E-state index is 0.167. The van der Waals surface area contributed by atoms with Gasteiger partial charge in [0.1, 0.15) is 5.82 Å². The molecule has 0 saturated heterocycles. The number of hydrogen-bond donors (Lipinski definition) is 1. The van der Waals surface area contributed by atoms with Crippen LogP contribution in [0.25, 0.3) is 15.3 Å². The van der Waals surface area contributed by atoms with E-state index in [2.05, 4.69) is 36.4 Å². The Hall–Kier alpha value is -2.99. The smallest absolute Gasteiger partial charge is 0.256 e. The van der Waals surface area contributed by atoms with Gasteiger partial charge in [-0.2, -0.15) is 9.78 Å². The Morgan fingerprint density at radius 3 is 2.54 bits per heavy atom. The summed E-state index contributed by atoms with van der Waals surface area (Å²) in [5.74, 6) is 0.448. The molecule has 26 heavy (non-hydrogen) atoms. The van der Waals surface area contributed by atoms with Crippen molar-refractivity contribution in [2.45, 2.75) is 20.8 Å². The highest BCUT2D eigenvalue weighted by Crippen LogP contribution is 2.29. The normalized spacial score (nSPS) is 11.0. The summed E-state index contributed by atoms with van der Waals surface area (Å²) >= 11 is 1.56. The van der Waals surface area contributed by atoms with Gasteiger partial charge in [0.2, 0.25) is 5.13 Å². The van der Waals surface area contributed by atoms with Crippen LogP contribution in [-0.4, -0.2) is 20.7 Å². The van der Waals surface area contributed by atoms with Crippen LogP contribution < -0.4 is 5.32 Å². The highest BCUT2D eigenvalue weighted by molar-refractivity contribution is 7.20. The molecule has 2 heterocycles. The van der Waals surface area contributed by atoms with Crippen molar-refractivity contribution < 1.29 is 4.79 Å². The maximum absolute atomic E-state index is 12.5. The Bertz CT molecular complexity index is 1070. The van der Waals surface area contributed by atoms with Gasteiger partial charge in [-0.05, 0) is 56.2 Å². The van der Waals surface area contributed by atoms with Crippen molar-refractivity contribution >= 4 is 33.3 Å². The van der Waals surface area contributed by atoms with Crippen molar-refractivity contribution in [3.8, 4) is 5.13 Å². The summed E-state index contributed by atoms with van der Waals surface area (Å²) in [6.07, 6.45) is 0. The Labute approximate surface area is 155 Å². The van der Waals surface area contributed by atoms with Crippen molar-refractivity contribution in [3.63, 3.8) is 0 Å². The highest BCUT2D eigenvalue weighted by Gasteiger charge is 2.15. The van der Waals surface area contributed by atoms with Gasteiger partial charge in [-0.25, -0.2) is 4.98 Å². The second-order valence-corrected chi connectivity index (χ2v) is 7.31. The van der Waals surface area contributed by atoms with E-state index in [0.29, 0.717) is 11.4 Å². The van der Waals surface area contributed by atoms with Gasteiger partial charge in [-0.1, -0.05) is 29.5 Å². The second kappa shape index (κ2) is 6.38. The zero-order valence-electron chi connectivity index (χ0n) is 14.8. The molecule has 0 aliphatic carbocycles. The average molecular weight is 362 g/mol. The minimum atomic E-state index is -0.167. The predicted octanol–water partition coefficient (Wildman–Crippen LogP) is 4.66. The Morgan fingerprint density at radius 2 is 1.77 bits per heavy atom. The van der Waals surface area contributed by atoms with Crippen molar-refractivity contribution in [1.82, 2.24) is 14.8 Å². The van der Waals surface area contributed by atoms with E-state index in [-0.39, 0.29) is 5.91 Å². The third kappa shape index (κ3) is 2.99. The molecular weight excluding hydrogens is 344 g/mol. The summed E-state index contributed by atoms with van der Waals surface area (Å²) in [5.41, 5.74) is 4.82. The Kier molecular flexibility index (Phi) is 4.05. The van der Waals surface area contributed by atoms with Crippen LogP contribution in [0.3, 0.4) is 0 Å². The molecular formula is C20H18N4OS. The number of carbonyl (C=O) groups excluding carboxylic acids is 1. The fraction of sp³-hybridized carbons (Fsp3) is 0.150. The quantitative estimate of drug-likeness (QED) is 0.577. The number of rotatable bonds is 3. The van der Waals surface area contributed by atoms with Crippen LogP contribution in [0.4, 0.5) is 5.82 Å². The molecule has 0 aliphatic rings. The van der Waals surface area contributed by atoms with E-state index in [9.17, 15) is 4.79 Å². The molecule has 0 unspecified atom stereocenters. The third-order valence-electron chi connectivity index (χ3n) is 4.28. The lowest BCUT2D eigenvalue weighted by molar-refractivity contribution is 0.102. The van der Waals surface area contributed by atoms with Crippen LogP contribution in [0.15, 0.2) is 48.5 Å². The van der Waals surface area contributed by atoms with Gasteiger partial charge in [0.25, 0.3) is 5.91 Å². The number of anilines is 1. The maximum Gasteiger partial charge on any atom is 0.256 e. The zero-order valence-corrected chi connectivity index (χ0v) is 15.6. The Morgan fingerprint density at radius 1 is 1.04 bits per heavy atom. The van der Waals surface area contributed by atoms with Crippen molar-refractivity contribution in [2.24, 2.45) is 0 Å². The molecule has 2 aromatic heterocycles. The molecule has 5 nitrogen and oxygen atoms in total. The van der Waals surface area contributed by atoms with Gasteiger partial charge in [0.05, 0.1) is 15.9 Å². The maximum atomic E-state index is 12.5. The van der Waals surface area contributed by atoms with E-state index >= 15 is 0 Å². The Balaban J connectivity index is 1.73. The van der Waals surface area contributed by atoms with Gasteiger partial charge in [-0.15, -0.1) is 0 Å². The molecule has 1 amide bonds. The molecule has 4 aromatic rings. The van der Waals surface area contributed by atoms with E-state index < -0.39 is 0 Å². The van der Waals surface area contributed by atoms with E-state index in [0.717, 1.165) is 21.0 Å². The SMILES string of the molecule is Cc1cc(NC(=O)c2ccccc2)n(-c2nc3cc(C)c(C)cc3s2)n1. The van der Waals surface area contributed by atoms with Gasteiger partial charge >= 0.3 is 0 Å². The standard InChI is InChI=1S/C20H18N4OS/c1-12-9-16-17(10-13(12)2)26-20(21-16)24-18(11-14(3)23-24)22-19(25)15-7-5-4-6-8-15/h4-11H,1-3H3,(H,22,25). The lowest BCUT2D eigenvalue weighted by Crippen LogP contribution is -2.14. The first-order chi connectivity index (χ1) is 12.5. The molecule has 2 aromatic carbocycles. The first-order valence-corrected chi connectivity index (χ1v) is 9.14. The van der Waals surface area contributed by atoms with Crippen molar-refractivity contribution in [3.05, 3.63) is 70.9 Å². The van der Waals surface area contributed by atoms with E-state index in [1.54, 1.807) is 28.2 Å². The summed E-state index contributed by atoms with van der Waals surface area (Å²) in [6.45, 7) is 6.07. The van der Waals surface area contributed by atoms with E-state index in [1.807, 2.05) is 31.2 Å². The van der Waals surface area contributed by atoms with Crippen LogP contribution in [-0.2, 0) is 0 Å². The fourth-order valence-corrected chi connectivity index (χ4v) is 3.78. The number of aromatic nitrogens is 3. The third-order valence-corrected chi connectivity index (χ3v) is 5.28. The lowest BCUT2D eigenvalue weighted by Gasteiger charge is -2.06. The van der Waals surface area contributed by atoms with Crippen LogP contribution in [0.2, 0.25) is 0 Å². The molecule has 4 rings (SSSR count). The summed E-state index contributed by atoms with van der Waals surface area (Å²) in [7, 11) is 0. The van der Waals surface area contributed by atoms with Crippen LogP contribution in [0.5, 0.6) is 0 Å². The summed E-state index contributed by atoms with van der Waals surface area (Å²) in [6, 6.07) is 15.2. The van der Waals surface area contributed by atoms with Crippen LogP contribution in [0.1, 0.15) is 27.2 Å². The highest BCUT2D eigenvalue weighted by atomic mass is 32.1. The number of nitrogens with one attached hydrogen (secondary N) is 1. The number of amides is 1. The summed E-state index contributed by atoms with van der Waals surface area (Å²) in [5, 5.41) is 8.20. The second-order valence-electron chi connectivity index (χ2n) is 6.30. The molecule has 1 N–H and O–H groups in total. The molecule has 130 valence electrons. The summed E-state index contributed by atoms with van der Waals surface area (Å²) in [4.78, 5) is 17.2. The first kappa shape index (κ1) is 16.5. The monoisotopic (exact) mass is 362 g/mol. The number of hydrogen-bond acceptors (Lipinski definition) is 4. The minimum Gasteiger partial charge on any atom is -0.306 e. The van der Waals surface area contributed by atoms with Gasteiger partial charge in [-0.3, -0.25) is 4.79 Å². The number of fused-ring (bicyclic) bond motifs is 1. The predicted molar refractivity (Wildman–Crippen MR) is 105 cm³/mol. The van der Waals surface area contributed by atoms with Gasteiger partial charge in [0.15, 0.2) is 0 Å². The van der Waals surface area contributed by atoms with Gasteiger partial charge in [0, 0.05) is 11.6 Å². The topological polar surface area (TPSA) is 59.8 Å². The molecule has 0 spiro atoms. The molecule has 6 heteroatoms. The van der Waals surface area contributed by atoms with E-state index in [4.69, 9.17) is 4.98 Å². The van der Waals surface area contributed by atoms with Gasteiger partial charge < -0.3 is 5.32 Å². The van der Waals surface area contributed by atoms with E-state index in [1.165, 1.54) is 11.1 Å². The van der Waals surface area contributed by atoms with Crippen molar-refractivity contribution in [2.75, 3.05) is 5.32 Å². The molecule has 0 atom stereocenters. The number of carbonyl (C=O) groups is 1. The number of benzene rings is 2. The molecule has 0 saturated carbocycles. The molecule has 0 fully saturated rings. The van der Waals surface area contributed by atoms with Crippen molar-refractivity contribution in [1.29, 1.82) is 0 Å². The molecule has 0 bridgehead atoms. The lowest BCUT2D eigenvalue weighted by atomic mass is 10.1. The number of aryl methyl sites for hydroxylation is 3. The average Bonchev–Trinajstić information content (AvgIpc) is 3.19. The first-order valence-electron chi connectivity index (χ1n) is 8.32. The van der Waals surface area contributed by atoms with Crippen LogP contribution in [0, 0.1) is 20.8 Å². The fourth-order valence-electron chi connectivity index (χ4n) is 2.77. The van der Waals surface area contributed by atoms with Crippen LogP contribution >= 0.6 is 11.3 Å². The zero-order chi connectivity index (χ0) is 18.3. The summed E-state index contributed by atoms with van der Waals surface area (Å²) < 4.78 is 2.81. The molecule has 0 radical (unpaired) electrons. The molecule has 0 aliphatic heterocycles. The largest absolute Gasteiger partial charge is 0.306 e. The number of nitrogens with zero attached hydrogens (tertiary/aromatic N) is 3.